The Morgan fingerprint density at radius 1 is 1.56 bits per heavy atom. The summed E-state index contributed by atoms with van der Waals surface area (Å²) in [4.78, 5) is 13.0. The highest BCUT2D eigenvalue weighted by Gasteiger charge is 2.13. The monoisotopic (exact) mass is 246 g/mol. The van der Waals surface area contributed by atoms with E-state index in [-0.39, 0.29) is 5.92 Å². The van der Waals surface area contributed by atoms with Crippen LogP contribution in [0.15, 0.2) is 18.2 Å². The van der Waals surface area contributed by atoms with Crippen LogP contribution in [0.4, 0.5) is 11.4 Å². The number of amides is 1. The SMILES string of the molecule is CCN(CC(C)C#N)c1ccc(C(N)=O)cc1N. The summed E-state index contributed by atoms with van der Waals surface area (Å²) in [7, 11) is 0. The Balaban J connectivity index is 3.00. The minimum Gasteiger partial charge on any atom is -0.397 e. The molecule has 0 aliphatic heterocycles. The van der Waals surface area contributed by atoms with Crippen LogP contribution in [0.2, 0.25) is 0 Å². The fourth-order valence-electron chi connectivity index (χ4n) is 1.76. The summed E-state index contributed by atoms with van der Waals surface area (Å²) in [5.41, 5.74) is 12.8. The van der Waals surface area contributed by atoms with Crippen molar-refractivity contribution in [1.82, 2.24) is 0 Å². The normalized spacial score (nSPS) is 11.6. The number of hydrogen-bond donors (Lipinski definition) is 2. The van der Waals surface area contributed by atoms with Gasteiger partial charge in [-0.15, -0.1) is 0 Å². The molecular weight excluding hydrogens is 228 g/mol. The quantitative estimate of drug-likeness (QED) is 0.766. The van der Waals surface area contributed by atoms with Crippen LogP contribution >= 0.6 is 0 Å². The highest BCUT2D eigenvalue weighted by molar-refractivity contribution is 5.94. The van der Waals surface area contributed by atoms with Gasteiger partial charge < -0.3 is 16.4 Å². The minimum atomic E-state index is -0.498. The van der Waals surface area contributed by atoms with Gasteiger partial charge in [-0.25, -0.2) is 0 Å². The van der Waals surface area contributed by atoms with Gasteiger partial charge in [-0.05, 0) is 32.0 Å². The average Bonchev–Trinajstić information content (AvgIpc) is 2.35. The van der Waals surface area contributed by atoms with Gasteiger partial charge in [0, 0.05) is 18.7 Å². The molecule has 5 heteroatoms. The summed E-state index contributed by atoms with van der Waals surface area (Å²) in [6, 6.07) is 7.17. The third kappa shape index (κ3) is 3.14. The molecule has 0 aromatic heterocycles. The molecule has 0 saturated carbocycles. The lowest BCUT2D eigenvalue weighted by molar-refractivity contribution is 0.100. The van der Waals surface area contributed by atoms with Crippen LogP contribution in [-0.4, -0.2) is 19.0 Å². The Bertz CT molecular complexity index is 478. The van der Waals surface area contributed by atoms with Crippen molar-refractivity contribution in [3.8, 4) is 6.07 Å². The lowest BCUT2D eigenvalue weighted by Crippen LogP contribution is -2.28. The second kappa shape index (κ2) is 5.92. The number of nitrogens with two attached hydrogens (primary N) is 2. The smallest absolute Gasteiger partial charge is 0.248 e. The molecule has 0 aliphatic carbocycles. The highest BCUT2D eigenvalue weighted by Crippen LogP contribution is 2.25. The molecule has 0 fully saturated rings. The van der Waals surface area contributed by atoms with Gasteiger partial charge in [0.05, 0.1) is 23.4 Å². The van der Waals surface area contributed by atoms with E-state index < -0.39 is 5.91 Å². The molecule has 1 atom stereocenters. The third-order valence-electron chi connectivity index (χ3n) is 2.75. The van der Waals surface area contributed by atoms with E-state index in [0.717, 1.165) is 12.2 Å². The largest absolute Gasteiger partial charge is 0.397 e. The van der Waals surface area contributed by atoms with Crippen molar-refractivity contribution < 1.29 is 4.79 Å². The van der Waals surface area contributed by atoms with E-state index >= 15 is 0 Å². The maximum atomic E-state index is 11.0. The molecule has 4 N–H and O–H groups in total. The van der Waals surface area contributed by atoms with Crippen LogP contribution in [0.3, 0.4) is 0 Å². The number of benzene rings is 1. The summed E-state index contributed by atoms with van der Waals surface area (Å²) in [6.45, 7) is 5.20. The van der Waals surface area contributed by atoms with E-state index in [1.165, 1.54) is 0 Å². The lowest BCUT2D eigenvalue weighted by atomic mass is 10.1. The number of anilines is 2. The Kier molecular flexibility index (Phi) is 4.55. The van der Waals surface area contributed by atoms with E-state index in [1.807, 2.05) is 18.7 Å². The number of carbonyl (C=O) groups excluding carboxylic acids is 1. The Morgan fingerprint density at radius 2 is 2.22 bits per heavy atom. The van der Waals surface area contributed by atoms with E-state index in [2.05, 4.69) is 6.07 Å². The molecule has 0 aliphatic rings. The molecule has 1 unspecified atom stereocenters. The van der Waals surface area contributed by atoms with Crippen molar-refractivity contribution in [3.05, 3.63) is 23.8 Å². The van der Waals surface area contributed by atoms with Crippen LogP contribution in [0.1, 0.15) is 24.2 Å². The molecule has 0 heterocycles. The first kappa shape index (κ1) is 13.8. The van der Waals surface area contributed by atoms with Gasteiger partial charge in [0.25, 0.3) is 0 Å². The number of primary amides is 1. The molecule has 0 spiro atoms. The fraction of sp³-hybridized carbons (Fsp3) is 0.385. The zero-order valence-electron chi connectivity index (χ0n) is 10.7. The fourth-order valence-corrected chi connectivity index (χ4v) is 1.76. The van der Waals surface area contributed by atoms with Gasteiger partial charge in [0.1, 0.15) is 0 Å². The number of hydrogen-bond acceptors (Lipinski definition) is 4. The molecule has 0 bridgehead atoms. The summed E-state index contributed by atoms with van der Waals surface area (Å²) in [5.74, 6) is -0.582. The maximum absolute atomic E-state index is 11.0. The van der Waals surface area contributed by atoms with Crippen molar-refractivity contribution in [2.24, 2.45) is 11.7 Å². The van der Waals surface area contributed by atoms with Gasteiger partial charge in [-0.1, -0.05) is 0 Å². The molecular formula is C13H18N4O. The molecule has 1 amide bonds. The van der Waals surface area contributed by atoms with E-state index in [1.54, 1.807) is 18.2 Å². The standard InChI is InChI=1S/C13H18N4O/c1-3-17(8-9(2)7-14)12-5-4-10(13(16)18)6-11(12)15/h4-6,9H,3,8,15H2,1-2H3,(H2,16,18). The van der Waals surface area contributed by atoms with Crippen LogP contribution in [0.5, 0.6) is 0 Å². The van der Waals surface area contributed by atoms with Crippen molar-refractivity contribution in [3.63, 3.8) is 0 Å². The predicted octanol–water partition coefficient (Wildman–Crippen LogP) is 1.35. The summed E-state index contributed by atoms with van der Waals surface area (Å²) in [6.07, 6.45) is 0. The first-order valence-corrected chi connectivity index (χ1v) is 5.83. The van der Waals surface area contributed by atoms with Gasteiger partial charge >= 0.3 is 0 Å². The highest BCUT2D eigenvalue weighted by atomic mass is 16.1. The number of nitriles is 1. The van der Waals surface area contributed by atoms with Crippen molar-refractivity contribution >= 4 is 17.3 Å². The molecule has 0 radical (unpaired) electrons. The molecule has 1 rings (SSSR count). The maximum Gasteiger partial charge on any atom is 0.248 e. The van der Waals surface area contributed by atoms with Crippen molar-refractivity contribution in [2.75, 3.05) is 23.7 Å². The van der Waals surface area contributed by atoms with Gasteiger partial charge in [-0.2, -0.15) is 5.26 Å². The number of nitrogens with zero attached hydrogens (tertiary/aromatic N) is 2. The Labute approximate surface area is 107 Å². The van der Waals surface area contributed by atoms with Gasteiger partial charge in [0.2, 0.25) is 5.91 Å². The second-order valence-corrected chi connectivity index (χ2v) is 4.21. The topological polar surface area (TPSA) is 96.1 Å². The molecule has 5 nitrogen and oxygen atoms in total. The minimum absolute atomic E-state index is 0.0832. The lowest BCUT2D eigenvalue weighted by Gasteiger charge is -2.25. The van der Waals surface area contributed by atoms with Crippen LogP contribution in [0.25, 0.3) is 0 Å². The zero-order chi connectivity index (χ0) is 13.7. The van der Waals surface area contributed by atoms with Crippen LogP contribution in [0, 0.1) is 17.2 Å². The van der Waals surface area contributed by atoms with Crippen LogP contribution < -0.4 is 16.4 Å². The van der Waals surface area contributed by atoms with Gasteiger partial charge in [-0.3, -0.25) is 4.79 Å². The first-order chi connectivity index (χ1) is 8.49. The molecule has 1 aromatic carbocycles. The summed E-state index contributed by atoms with van der Waals surface area (Å²) < 4.78 is 0. The molecule has 1 aromatic rings. The number of nitrogen functional groups attached to an aromatic ring is 1. The Hall–Kier alpha value is -2.22. The number of rotatable bonds is 5. The summed E-state index contributed by atoms with van der Waals surface area (Å²) >= 11 is 0. The predicted molar refractivity (Wildman–Crippen MR) is 72.0 cm³/mol. The second-order valence-electron chi connectivity index (χ2n) is 4.21. The van der Waals surface area contributed by atoms with E-state index in [9.17, 15) is 4.79 Å². The van der Waals surface area contributed by atoms with Gasteiger partial charge in [0.15, 0.2) is 0 Å². The van der Waals surface area contributed by atoms with Crippen LogP contribution in [-0.2, 0) is 0 Å². The zero-order valence-corrected chi connectivity index (χ0v) is 10.7. The Morgan fingerprint density at radius 3 is 2.67 bits per heavy atom. The van der Waals surface area contributed by atoms with E-state index in [4.69, 9.17) is 16.7 Å². The van der Waals surface area contributed by atoms with Crippen molar-refractivity contribution in [2.45, 2.75) is 13.8 Å². The molecule has 96 valence electrons. The molecule has 0 saturated heterocycles. The number of carbonyl (C=O) groups is 1. The third-order valence-corrected chi connectivity index (χ3v) is 2.75. The first-order valence-electron chi connectivity index (χ1n) is 5.83. The molecule has 18 heavy (non-hydrogen) atoms. The van der Waals surface area contributed by atoms with Crippen molar-refractivity contribution in [1.29, 1.82) is 5.26 Å². The summed E-state index contributed by atoms with van der Waals surface area (Å²) in [5, 5.41) is 8.84. The average molecular weight is 246 g/mol. The van der Waals surface area contributed by atoms with E-state index in [0.29, 0.717) is 17.8 Å².